The Hall–Kier alpha value is -1.49. The minimum atomic E-state index is -0.507. The number of benzene rings is 1. The van der Waals surface area contributed by atoms with E-state index in [0.29, 0.717) is 6.54 Å². The predicted molar refractivity (Wildman–Crippen MR) is 78.1 cm³/mol. The van der Waals surface area contributed by atoms with Crippen molar-refractivity contribution >= 4 is 28.6 Å². The lowest BCUT2D eigenvalue weighted by Gasteiger charge is -2.17. The average Bonchev–Trinajstić information content (AvgIpc) is 2.60. The van der Waals surface area contributed by atoms with Crippen molar-refractivity contribution in [2.24, 2.45) is 5.92 Å². The Kier molecular flexibility index (Phi) is 4.14. The van der Waals surface area contributed by atoms with E-state index in [2.05, 4.69) is 5.32 Å². The molecule has 0 unspecified atom stereocenters. The first-order chi connectivity index (χ1) is 8.99. The SMILES string of the molecule is Cc1ccccc1N[C@H]1SC(=O)N(CC(C)C)C1=O. The van der Waals surface area contributed by atoms with Crippen molar-refractivity contribution < 1.29 is 9.59 Å². The highest BCUT2D eigenvalue weighted by Crippen LogP contribution is 2.29. The Morgan fingerprint density at radius 3 is 2.63 bits per heavy atom. The molecule has 1 aromatic carbocycles. The van der Waals surface area contributed by atoms with Gasteiger partial charge in [0.25, 0.3) is 11.1 Å². The summed E-state index contributed by atoms with van der Waals surface area (Å²) in [6.45, 7) is 6.44. The van der Waals surface area contributed by atoms with Crippen LogP contribution in [0.4, 0.5) is 10.5 Å². The number of carbonyl (C=O) groups excluding carboxylic acids is 2. The molecular formula is C14H18N2O2S. The molecule has 0 radical (unpaired) electrons. The Morgan fingerprint density at radius 1 is 1.32 bits per heavy atom. The van der Waals surface area contributed by atoms with E-state index in [1.165, 1.54) is 4.90 Å². The van der Waals surface area contributed by atoms with E-state index in [0.717, 1.165) is 23.0 Å². The van der Waals surface area contributed by atoms with Crippen molar-refractivity contribution in [3.05, 3.63) is 29.8 Å². The number of rotatable bonds is 4. The second-order valence-corrected chi connectivity index (χ2v) is 6.12. The van der Waals surface area contributed by atoms with Gasteiger partial charge in [-0.15, -0.1) is 0 Å². The number of imide groups is 1. The normalized spacial score (nSPS) is 19.4. The van der Waals surface area contributed by atoms with E-state index in [-0.39, 0.29) is 17.1 Å². The molecule has 1 aromatic rings. The zero-order valence-electron chi connectivity index (χ0n) is 11.3. The lowest BCUT2D eigenvalue weighted by Crippen LogP contribution is -2.36. The highest BCUT2D eigenvalue weighted by molar-refractivity contribution is 8.15. The summed E-state index contributed by atoms with van der Waals surface area (Å²) in [6, 6.07) is 7.74. The molecule has 102 valence electrons. The van der Waals surface area contributed by atoms with E-state index in [1.54, 1.807) is 0 Å². The average molecular weight is 278 g/mol. The third kappa shape index (κ3) is 3.10. The molecule has 0 saturated carbocycles. The van der Waals surface area contributed by atoms with Gasteiger partial charge in [-0.1, -0.05) is 32.0 Å². The molecule has 1 heterocycles. The third-order valence-electron chi connectivity index (χ3n) is 2.91. The number of amides is 2. The Bertz CT molecular complexity index is 502. The quantitative estimate of drug-likeness (QED) is 0.919. The second-order valence-electron chi connectivity index (χ2n) is 5.07. The van der Waals surface area contributed by atoms with Gasteiger partial charge in [0.2, 0.25) is 0 Å². The number of nitrogens with one attached hydrogen (secondary N) is 1. The minimum Gasteiger partial charge on any atom is -0.365 e. The fourth-order valence-electron chi connectivity index (χ4n) is 1.94. The lowest BCUT2D eigenvalue weighted by atomic mass is 10.2. The summed E-state index contributed by atoms with van der Waals surface area (Å²) in [4.78, 5) is 25.4. The molecule has 0 aliphatic carbocycles. The van der Waals surface area contributed by atoms with E-state index in [9.17, 15) is 9.59 Å². The van der Waals surface area contributed by atoms with Crippen LogP contribution in [0.3, 0.4) is 0 Å². The summed E-state index contributed by atoms with van der Waals surface area (Å²) >= 11 is 1.05. The number of para-hydroxylation sites is 1. The Morgan fingerprint density at radius 2 is 2.00 bits per heavy atom. The first-order valence-electron chi connectivity index (χ1n) is 6.33. The molecule has 2 rings (SSSR count). The topological polar surface area (TPSA) is 49.4 Å². The zero-order chi connectivity index (χ0) is 14.0. The van der Waals surface area contributed by atoms with Crippen molar-refractivity contribution in [1.29, 1.82) is 0 Å². The fraction of sp³-hybridized carbons (Fsp3) is 0.429. The highest BCUT2D eigenvalue weighted by Gasteiger charge is 2.39. The molecule has 1 aliphatic heterocycles. The molecule has 19 heavy (non-hydrogen) atoms. The van der Waals surface area contributed by atoms with Crippen LogP contribution in [0.15, 0.2) is 24.3 Å². The van der Waals surface area contributed by atoms with Gasteiger partial charge in [0, 0.05) is 12.2 Å². The molecule has 0 spiro atoms. The number of hydrogen-bond acceptors (Lipinski definition) is 4. The van der Waals surface area contributed by atoms with E-state index < -0.39 is 5.37 Å². The molecule has 1 aliphatic rings. The number of nitrogens with zero attached hydrogens (tertiary/aromatic N) is 1. The fourth-order valence-corrected chi connectivity index (χ4v) is 2.85. The molecule has 4 nitrogen and oxygen atoms in total. The number of thioether (sulfide) groups is 1. The number of aryl methyl sites for hydroxylation is 1. The summed E-state index contributed by atoms with van der Waals surface area (Å²) in [7, 11) is 0. The Balaban J connectivity index is 2.09. The monoisotopic (exact) mass is 278 g/mol. The minimum absolute atomic E-state index is 0.146. The third-order valence-corrected chi connectivity index (χ3v) is 3.89. The number of hydrogen-bond donors (Lipinski definition) is 1. The largest absolute Gasteiger partial charge is 0.365 e. The molecule has 1 saturated heterocycles. The molecule has 1 N–H and O–H groups in total. The predicted octanol–water partition coefficient (Wildman–Crippen LogP) is 3.08. The van der Waals surface area contributed by atoms with Gasteiger partial charge < -0.3 is 5.32 Å². The molecule has 0 aromatic heterocycles. The van der Waals surface area contributed by atoms with Crippen molar-refractivity contribution in [3.8, 4) is 0 Å². The standard InChI is InChI=1S/C14H18N2O2S/c1-9(2)8-16-13(17)12(19-14(16)18)15-11-7-5-4-6-10(11)3/h4-7,9,12,15H,8H2,1-3H3/t12-/m0/s1. The van der Waals surface area contributed by atoms with Crippen molar-refractivity contribution in [3.63, 3.8) is 0 Å². The van der Waals surface area contributed by atoms with Gasteiger partial charge >= 0.3 is 0 Å². The Labute approximate surface area is 117 Å². The van der Waals surface area contributed by atoms with E-state index in [4.69, 9.17) is 0 Å². The van der Waals surface area contributed by atoms with E-state index >= 15 is 0 Å². The maximum absolute atomic E-state index is 12.2. The first kappa shape index (κ1) is 13.9. The summed E-state index contributed by atoms with van der Waals surface area (Å²) in [5.74, 6) is 0.137. The van der Waals surface area contributed by atoms with Gasteiger partial charge in [0.15, 0.2) is 5.37 Å². The summed E-state index contributed by atoms with van der Waals surface area (Å²) in [6.07, 6.45) is 0. The lowest BCUT2D eigenvalue weighted by molar-refractivity contribution is -0.126. The van der Waals surface area contributed by atoms with E-state index in [1.807, 2.05) is 45.0 Å². The van der Waals surface area contributed by atoms with Gasteiger partial charge in [-0.05, 0) is 36.2 Å². The molecule has 1 fully saturated rings. The van der Waals surface area contributed by atoms with Crippen LogP contribution in [0.25, 0.3) is 0 Å². The van der Waals surface area contributed by atoms with Crippen molar-refractivity contribution in [1.82, 2.24) is 4.90 Å². The van der Waals surface area contributed by atoms with Crippen LogP contribution in [0.2, 0.25) is 0 Å². The highest BCUT2D eigenvalue weighted by atomic mass is 32.2. The maximum Gasteiger partial charge on any atom is 0.290 e. The smallest absolute Gasteiger partial charge is 0.290 e. The van der Waals surface area contributed by atoms with Crippen LogP contribution in [-0.4, -0.2) is 28.0 Å². The summed E-state index contributed by atoms with van der Waals surface area (Å²) in [5, 5.41) is 2.47. The molecule has 0 bridgehead atoms. The maximum atomic E-state index is 12.2. The van der Waals surface area contributed by atoms with Gasteiger partial charge in [0.05, 0.1) is 0 Å². The zero-order valence-corrected chi connectivity index (χ0v) is 12.2. The van der Waals surface area contributed by atoms with Crippen LogP contribution in [-0.2, 0) is 4.79 Å². The van der Waals surface area contributed by atoms with Gasteiger partial charge in [-0.3, -0.25) is 14.5 Å². The molecule has 1 atom stereocenters. The van der Waals surface area contributed by atoms with Crippen molar-refractivity contribution in [2.75, 3.05) is 11.9 Å². The summed E-state index contributed by atoms with van der Waals surface area (Å²) in [5.41, 5.74) is 1.96. The number of anilines is 1. The molecule has 5 heteroatoms. The van der Waals surface area contributed by atoms with Crippen molar-refractivity contribution in [2.45, 2.75) is 26.1 Å². The molecular weight excluding hydrogens is 260 g/mol. The van der Waals surface area contributed by atoms with Gasteiger partial charge in [-0.2, -0.15) is 0 Å². The van der Waals surface area contributed by atoms with Gasteiger partial charge in [0.1, 0.15) is 0 Å². The van der Waals surface area contributed by atoms with Crippen LogP contribution in [0.1, 0.15) is 19.4 Å². The number of carbonyl (C=O) groups is 2. The van der Waals surface area contributed by atoms with Crippen LogP contribution < -0.4 is 5.32 Å². The van der Waals surface area contributed by atoms with Crippen LogP contribution >= 0.6 is 11.8 Å². The summed E-state index contributed by atoms with van der Waals surface area (Å²) < 4.78 is 0. The van der Waals surface area contributed by atoms with Crippen LogP contribution in [0.5, 0.6) is 0 Å². The van der Waals surface area contributed by atoms with Crippen LogP contribution in [0, 0.1) is 12.8 Å². The molecule has 2 amide bonds. The van der Waals surface area contributed by atoms with Gasteiger partial charge in [-0.25, -0.2) is 0 Å². The first-order valence-corrected chi connectivity index (χ1v) is 7.21. The second kappa shape index (κ2) is 5.65.